The SMILES string of the molecule is C=C.C=C.CC.CC.CC.CC.CC.CC.CCC(C)C. The molecular weight excluding hydrogens is 252 g/mol. The van der Waals surface area contributed by atoms with Crippen molar-refractivity contribution in [2.75, 3.05) is 0 Å². The molecule has 0 heterocycles. The molecule has 0 nitrogen and oxygen atoms in total. The van der Waals surface area contributed by atoms with Gasteiger partial charge in [-0.05, 0) is 5.92 Å². The molecule has 0 aromatic rings. The summed E-state index contributed by atoms with van der Waals surface area (Å²) in [4.78, 5) is 0. The van der Waals surface area contributed by atoms with E-state index in [1.807, 2.05) is 83.1 Å². The van der Waals surface area contributed by atoms with E-state index in [2.05, 4.69) is 47.1 Å². The molecule has 0 aliphatic rings. The number of hydrogen-bond donors (Lipinski definition) is 0. The van der Waals surface area contributed by atoms with Crippen molar-refractivity contribution >= 4 is 0 Å². The predicted octanol–water partition coefficient (Wildman–Crippen LogP) is 9.81. The monoisotopic (exact) mass is 308 g/mol. The molecule has 0 bridgehead atoms. The molecule has 0 amide bonds. The topological polar surface area (TPSA) is 0 Å². The van der Waals surface area contributed by atoms with Crippen molar-refractivity contribution in [3.63, 3.8) is 0 Å². The Hall–Kier alpha value is -0.520. The average molecular weight is 309 g/mol. The first kappa shape index (κ1) is 59.0. The highest BCUT2D eigenvalue weighted by Crippen LogP contribution is 1.93. The van der Waals surface area contributed by atoms with Crippen molar-refractivity contribution < 1.29 is 0 Å². The van der Waals surface area contributed by atoms with Crippen LogP contribution in [-0.2, 0) is 0 Å². The van der Waals surface area contributed by atoms with Crippen LogP contribution in [-0.4, -0.2) is 0 Å². The Labute approximate surface area is 143 Å². The van der Waals surface area contributed by atoms with E-state index in [0.29, 0.717) is 0 Å². The van der Waals surface area contributed by atoms with Gasteiger partial charge in [0.2, 0.25) is 0 Å². The van der Waals surface area contributed by atoms with Crippen LogP contribution < -0.4 is 0 Å². The fourth-order valence-corrected chi connectivity index (χ4v) is 0. The highest BCUT2D eigenvalue weighted by Gasteiger charge is 1.80. The van der Waals surface area contributed by atoms with Gasteiger partial charge in [0.15, 0.2) is 0 Å². The van der Waals surface area contributed by atoms with Crippen molar-refractivity contribution in [2.24, 2.45) is 5.92 Å². The zero-order chi connectivity index (χ0) is 20.3. The maximum atomic E-state index is 3.00. The second-order valence-corrected chi connectivity index (χ2v) is 1.80. The zero-order valence-electron chi connectivity index (χ0n) is 19.1. The molecule has 140 valence electrons. The Kier molecular flexibility index (Phi) is 1540. The Bertz CT molecular complexity index is 27.0. The Morgan fingerprint density at radius 3 is 0.524 bits per heavy atom. The van der Waals surface area contributed by atoms with E-state index in [4.69, 9.17) is 0 Å². The molecule has 0 atom stereocenters. The molecule has 0 heteroatoms. The van der Waals surface area contributed by atoms with Gasteiger partial charge in [-0.15, -0.1) is 26.3 Å². The third-order valence-electron chi connectivity index (χ3n) is 0.816. The summed E-state index contributed by atoms with van der Waals surface area (Å²) in [7, 11) is 0. The maximum Gasteiger partial charge on any atom is -0.0474 e. The third-order valence-corrected chi connectivity index (χ3v) is 0.816. The lowest BCUT2D eigenvalue weighted by molar-refractivity contribution is 0.626. The summed E-state index contributed by atoms with van der Waals surface area (Å²) in [6.45, 7) is 42.6. The van der Waals surface area contributed by atoms with Gasteiger partial charge >= 0.3 is 0 Å². The quantitative estimate of drug-likeness (QED) is 0.423. The first-order valence-corrected chi connectivity index (χ1v) is 9.27. The van der Waals surface area contributed by atoms with Crippen molar-refractivity contribution in [1.29, 1.82) is 0 Å². The van der Waals surface area contributed by atoms with E-state index in [1.54, 1.807) is 0 Å². The Morgan fingerprint density at radius 2 is 0.524 bits per heavy atom. The van der Waals surface area contributed by atoms with E-state index >= 15 is 0 Å². The summed E-state index contributed by atoms with van der Waals surface area (Å²) in [5, 5.41) is 0. The lowest BCUT2D eigenvalue weighted by Crippen LogP contribution is -1.77. The standard InChI is InChI=1S/C5H12.6C2H6.2C2H4/c1-4-5(2)3;8*1-2/h5H,4H2,1-3H3;6*1-2H3;2*1-2H2. The van der Waals surface area contributed by atoms with Crippen LogP contribution in [0.25, 0.3) is 0 Å². The number of hydrogen-bond acceptors (Lipinski definition) is 0. The van der Waals surface area contributed by atoms with Gasteiger partial charge < -0.3 is 0 Å². The lowest BCUT2D eigenvalue weighted by atomic mass is 10.2. The van der Waals surface area contributed by atoms with Crippen molar-refractivity contribution in [3.8, 4) is 0 Å². The summed E-state index contributed by atoms with van der Waals surface area (Å²) < 4.78 is 0. The minimum absolute atomic E-state index is 0.884. The normalized spacial score (nSPS) is 4.38. The van der Waals surface area contributed by atoms with Crippen molar-refractivity contribution in [2.45, 2.75) is 110 Å². The molecule has 0 aliphatic heterocycles. The van der Waals surface area contributed by atoms with Crippen LogP contribution in [0.1, 0.15) is 110 Å². The second kappa shape index (κ2) is 549. The molecule has 0 saturated heterocycles. The van der Waals surface area contributed by atoms with Gasteiger partial charge in [-0.25, -0.2) is 0 Å². The predicted molar refractivity (Wildman–Crippen MR) is 116 cm³/mol. The molecule has 0 aromatic carbocycles. The van der Waals surface area contributed by atoms with E-state index in [0.717, 1.165) is 5.92 Å². The summed E-state index contributed by atoms with van der Waals surface area (Å²) >= 11 is 0. The van der Waals surface area contributed by atoms with Crippen LogP contribution in [0.15, 0.2) is 26.3 Å². The lowest BCUT2D eigenvalue weighted by Gasteiger charge is -1.90. The fourth-order valence-electron chi connectivity index (χ4n) is 0. The van der Waals surface area contributed by atoms with Crippen molar-refractivity contribution in [1.82, 2.24) is 0 Å². The largest absolute Gasteiger partial charge is 0.106 e. The minimum atomic E-state index is 0.884. The zero-order valence-corrected chi connectivity index (χ0v) is 19.1. The Morgan fingerprint density at radius 1 is 0.476 bits per heavy atom. The van der Waals surface area contributed by atoms with E-state index in [1.165, 1.54) is 6.42 Å². The number of rotatable bonds is 1. The van der Waals surface area contributed by atoms with Gasteiger partial charge in [0.1, 0.15) is 0 Å². The van der Waals surface area contributed by atoms with Gasteiger partial charge in [-0.1, -0.05) is 110 Å². The fraction of sp³-hybridized carbons (Fsp3) is 0.810. The van der Waals surface area contributed by atoms with Crippen LogP contribution in [0.3, 0.4) is 0 Å². The summed E-state index contributed by atoms with van der Waals surface area (Å²) in [5.74, 6) is 0.884. The van der Waals surface area contributed by atoms with Crippen LogP contribution in [0.4, 0.5) is 0 Å². The molecule has 0 N–H and O–H groups in total. The van der Waals surface area contributed by atoms with E-state index in [9.17, 15) is 0 Å². The average Bonchev–Trinajstić information content (AvgIpc) is 2.68. The summed E-state index contributed by atoms with van der Waals surface area (Å²) in [5.41, 5.74) is 0. The minimum Gasteiger partial charge on any atom is -0.106 e. The molecule has 21 heavy (non-hydrogen) atoms. The van der Waals surface area contributed by atoms with Gasteiger partial charge in [0, 0.05) is 0 Å². The molecule has 0 spiro atoms. The van der Waals surface area contributed by atoms with Gasteiger partial charge in [0.05, 0.1) is 0 Å². The van der Waals surface area contributed by atoms with E-state index in [-0.39, 0.29) is 0 Å². The highest BCUT2D eigenvalue weighted by atomic mass is 13.9. The molecule has 0 radical (unpaired) electrons. The second-order valence-electron chi connectivity index (χ2n) is 1.80. The molecule has 0 aliphatic carbocycles. The molecule has 0 aromatic heterocycles. The third kappa shape index (κ3) is 2720. The van der Waals surface area contributed by atoms with Crippen LogP contribution in [0.5, 0.6) is 0 Å². The van der Waals surface area contributed by atoms with Crippen LogP contribution in [0.2, 0.25) is 0 Å². The summed E-state index contributed by atoms with van der Waals surface area (Å²) in [6.07, 6.45) is 1.31. The highest BCUT2D eigenvalue weighted by molar-refractivity contribution is 4.32. The molecule has 0 fully saturated rings. The molecule has 0 saturated carbocycles. The molecule has 0 unspecified atom stereocenters. The first-order chi connectivity index (χ1) is 10.3. The van der Waals surface area contributed by atoms with E-state index < -0.39 is 0 Å². The summed E-state index contributed by atoms with van der Waals surface area (Å²) in [6, 6.07) is 0. The molecular formula is C21H56. The maximum absolute atomic E-state index is 3.00. The van der Waals surface area contributed by atoms with Gasteiger partial charge in [0.25, 0.3) is 0 Å². The van der Waals surface area contributed by atoms with Crippen molar-refractivity contribution in [3.05, 3.63) is 26.3 Å². The van der Waals surface area contributed by atoms with Crippen LogP contribution in [0, 0.1) is 5.92 Å². The van der Waals surface area contributed by atoms with Gasteiger partial charge in [-0.2, -0.15) is 0 Å². The molecule has 0 rings (SSSR count). The smallest absolute Gasteiger partial charge is 0.0474 e. The van der Waals surface area contributed by atoms with Gasteiger partial charge in [-0.3, -0.25) is 0 Å². The first-order valence-electron chi connectivity index (χ1n) is 9.27. The van der Waals surface area contributed by atoms with Crippen LogP contribution >= 0.6 is 0 Å². The Balaban J connectivity index is -0.0000000115.